The molecule has 0 atom stereocenters. The monoisotopic (exact) mass is 434 g/mol. The average Bonchev–Trinajstić information content (AvgIpc) is 3.05. The standard InChI is InChI=1S/C24H26N4O2S/c1-17-15-20-22(27-24(2,3)4)25-21(19-13-9-6-10-14-19)26-23(20)28(17)31(29,30)16-18-11-7-5-8-12-18/h5-15H,16H2,1-4H3,(H,25,26,27). The lowest BCUT2D eigenvalue weighted by molar-refractivity contribution is 0.587. The number of nitrogens with zero attached hydrogens (tertiary/aromatic N) is 3. The second-order valence-corrected chi connectivity index (χ2v) is 10.5. The molecule has 160 valence electrons. The predicted molar refractivity (Wildman–Crippen MR) is 126 cm³/mol. The first kappa shape index (κ1) is 21.1. The summed E-state index contributed by atoms with van der Waals surface area (Å²) in [5, 5.41) is 4.10. The molecule has 0 radical (unpaired) electrons. The van der Waals surface area contributed by atoms with Crippen LogP contribution in [0.1, 0.15) is 32.0 Å². The molecule has 1 N–H and O–H groups in total. The van der Waals surface area contributed by atoms with Crippen molar-refractivity contribution < 1.29 is 8.42 Å². The van der Waals surface area contributed by atoms with E-state index in [4.69, 9.17) is 9.97 Å². The third kappa shape index (κ3) is 4.46. The summed E-state index contributed by atoms with van der Waals surface area (Å²) in [6, 6.07) is 20.6. The van der Waals surface area contributed by atoms with Crippen LogP contribution >= 0.6 is 0 Å². The number of aryl methyl sites for hydroxylation is 1. The van der Waals surface area contributed by atoms with Crippen molar-refractivity contribution in [3.05, 3.63) is 78.0 Å². The second-order valence-electron chi connectivity index (χ2n) is 8.67. The Labute approximate surface area is 183 Å². The largest absolute Gasteiger partial charge is 0.365 e. The fraction of sp³-hybridized carbons (Fsp3) is 0.250. The molecule has 31 heavy (non-hydrogen) atoms. The summed E-state index contributed by atoms with van der Waals surface area (Å²) >= 11 is 0. The van der Waals surface area contributed by atoms with E-state index in [1.54, 1.807) is 6.92 Å². The van der Waals surface area contributed by atoms with Crippen molar-refractivity contribution in [1.29, 1.82) is 0 Å². The third-order valence-electron chi connectivity index (χ3n) is 4.79. The van der Waals surface area contributed by atoms with Gasteiger partial charge in [0.15, 0.2) is 11.5 Å². The van der Waals surface area contributed by atoms with Crippen molar-refractivity contribution in [2.24, 2.45) is 0 Å². The molecule has 0 spiro atoms. The molecule has 6 nitrogen and oxygen atoms in total. The van der Waals surface area contributed by atoms with Gasteiger partial charge in [0.25, 0.3) is 0 Å². The first-order valence-corrected chi connectivity index (χ1v) is 11.8. The molecule has 2 aromatic carbocycles. The molecular weight excluding hydrogens is 408 g/mol. The Morgan fingerprint density at radius 2 is 1.55 bits per heavy atom. The molecule has 0 saturated heterocycles. The molecule has 0 aliphatic heterocycles. The Balaban J connectivity index is 1.94. The van der Waals surface area contributed by atoms with Gasteiger partial charge in [-0.2, -0.15) is 0 Å². The van der Waals surface area contributed by atoms with Gasteiger partial charge in [-0.05, 0) is 39.3 Å². The summed E-state index contributed by atoms with van der Waals surface area (Å²) in [6.07, 6.45) is 0. The van der Waals surface area contributed by atoms with Crippen molar-refractivity contribution >= 4 is 26.9 Å². The van der Waals surface area contributed by atoms with Crippen molar-refractivity contribution in [3.8, 4) is 11.4 Å². The Hall–Kier alpha value is -3.19. The van der Waals surface area contributed by atoms with Crippen LogP contribution in [0.5, 0.6) is 0 Å². The van der Waals surface area contributed by atoms with E-state index in [9.17, 15) is 8.42 Å². The number of nitrogens with one attached hydrogen (secondary N) is 1. The van der Waals surface area contributed by atoms with E-state index in [-0.39, 0.29) is 11.3 Å². The molecule has 0 amide bonds. The summed E-state index contributed by atoms with van der Waals surface area (Å²) in [6.45, 7) is 7.91. The predicted octanol–water partition coefficient (Wildman–Crippen LogP) is 5.00. The van der Waals surface area contributed by atoms with Gasteiger partial charge in [-0.3, -0.25) is 0 Å². The third-order valence-corrected chi connectivity index (χ3v) is 6.50. The fourth-order valence-corrected chi connectivity index (χ4v) is 5.18. The topological polar surface area (TPSA) is 76.9 Å². The lowest BCUT2D eigenvalue weighted by Crippen LogP contribution is -2.27. The minimum absolute atomic E-state index is 0.106. The van der Waals surface area contributed by atoms with Crippen LogP contribution in [0, 0.1) is 6.92 Å². The summed E-state index contributed by atoms with van der Waals surface area (Å²) in [5.74, 6) is 0.993. The number of rotatable bonds is 5. The lowest BCUT2D eigenvalue weighted by atomic mass is 10.1. The molecule has 4 aromatic rings. The molecule has 0 aliphatic carbocycles. The quantitative estimate of drug-likeness (QED) is 0.479. The van der Waals surface area contributed by atoms with Gasteiger partial charge in [0.1, 0.15) is 5.82 Å². The maximum atomic E-state index is 13.4. The minimum Gasteiger partial charge on any atom is -0.365 e. The van der Waals surface area contributed by atoms with Crippen molar-refractivity contribution in [1.82, 2.24) is 13.9 Å². The Bertz CT molecular complexity index is 1320. The number of fused-ring (bicyclic) bond motifs is 1. The van der Waals surface area contributed by atoms with E-state index in [2.05, 4.69) is 5.32 Å². The summed E-state index contributed by atoms with van der Waals surface area (Å²) in [4.78, 5) is 9.44. The van der Waals surface area contributed by atoms with Crippen molar-refractivity contribution in [3.63, 3.8) is 0 Å². The highest BCUT2D eigenvalue weighted by Gasteiger charge is 2.25. The van der Waals surface area contributed by atoms with Crippen LogP contribution in [0.4, 0.5) is 5.82 Å². The Kier molecular flexibility index (Phi) is 5.31. The number of anilines is 1. The van der Waals surface area contributed by atoms with E-state index < -0.39 is 10.0 Å². The van der Waals surface area contributed by atoms with Crippen LogP contribution in [-0.4, -0.2) is 27.9 Å². The molecule has 0 fully saturated rings. The molecule has 2 aromatic heterocycles. The molecule has 7 heteroatoms. The zero-order valence-electron chi connectivity index (χ0n) is 18.1. The van der Waals surface area contributed by atoms with Crippen LogP contribution in [0.15, 0.2) is 66.7 Å². The SMILES string of the molecule is Cc1cc2c(NC(C)(C)C)nc(-c3ccccc3)nc2n1S(=O)(=O)Cc1ccccc1. The Morgan fingerprint density at radius 3 is 2.16 bits per heavy atom. The highest BCUT2D eigenvalue weighted by molar-refractivity contribution is 7.89. The zero-order valence-corrected chi connectivity index (χ0v) is 18.9. The molecular formula is C24H26N4O2S. The number of hydrogen-bond donors (Lipinski definition) is 1. The first-order chi connectivity index (χ1) is 14.6. The molecule has 0 bridgehead atoms. The fourth-order valence-electron chi connectivity index (χ4n) is 3.55. The maximum absolute atomic E-state index is 13.4. The van der Waals surface area contributed by atoms with Crippen LogP contribution in [0.25, 0.3) is 22.4 Å². The van der Waals surface area contributed by atoms with E-state index >= 15 is 0 Å². The number of hydrogen-bond acceptors (Lipinski definition) is 5. The van der Waals surface area contributed by atoms with Gasteiger partial charge < -0.3 is 5.32 Å². The van der Waals surface area contributed by atoms with Gasteiger partial charge in [-0.25, -0.2) is 22.4 Å². The molecule has 4 rings (SSSR count). The molecule has 2 heterocycles. The van der Waals surface area contributed by atoms with E-state index in [0.717, 1.165) is 11.1 Å². The maximum Gasteiger partial charge on any atom is 0.244 e. The highest BCUT2D eigenvalue weighted by atomic mass is 32.2. The number of aromatic nitrogens is 3. The second kappa shape index (κ2) is 7.81. The van der Waals surface area contributed by atoms with Gasteiger partial charge in [0.05, 0.1) is 11.1 Å². The van der Waals surface area contributed by atoms with Crippen LogP contribution in [-0.2, 0) is 15.8 Å². The van der Waals surface area contributed by atoms with Crippen molar-refractivity contribution in [2.45, 2.75) is 39.0 Å². The van der Waals surface area contributed by atoms with E-state index in [1.165, 1.54) is 3.97 Å². The summed E-state index contributed by atoms with van der Waals surface area (Å²) in [5.41, 5.74) is 2.28. The number of benzene rings is 2. The first-order valence-electron chi connectivity index (χ1n) is 10.1. The molecule has 0 saturated carbocycles. The summed E-state index contributed by atoms with van der Waals surface area (Å²) < 4.78 is 28.2. The van der Waals surface area contributed by atoms with Gasteiger partial charge in [0.2, 0.25) is 10.0 Å². The lowest BCUT2D eigenvalue weighted by Gasteiger charge is -2.22. The van der Waals surface area contributed by atoms with Crippen LogP contribution in [0.2, 0.25) is 0 Å². The van der Waals surface area contributed by atoms with Crippen LogP contribution in [0.3, 0.4) is 0 Å². The minimum atomic E-state index is -3.69. The molecule has 0 aliphatic rings. The normalized spacial score (nSPS) is 12.3. The van der Waals surface area contributed by atoms with Gasteiger partial charge >= 0.3 is 0 Å². The van der Waals surface area contributed by atoms with Crippen LogP contribution < -0.4 is 5.32 Å². The average molecular weight is 435 g/mol. The zero-order chi connectivity index (χ0) is 22.2. The Morgan fingerprint density at radius 1 is 0.935 bits per heavy atom. The van der Waals surface area contributed by atoms with Crippen molar-refractivity contribution in [2.75, 3.05) is 5.32 Å². The van der Waals surface area contributed by atoms with Gasteiger partial charge in [-0.1, -0.05) is 60.7 Å². The van der Waals surface area contributed by atoms with Gasteiger partial charge in [0, 0.05) is 16.8 Å². The molecule has 0 unspecified atom stereocenters. The van der Waals surface area contributed by atoms with E-state index in [1.807, 2.05) is 87.5 Å². The smallest absolute Gasteiger partial charge is 0.244 e. The summed E-state index contributed by atoms with van der Waals surface area (Å²) in [7, 11) is -3.69. The van der Waals surface area contributed by atoms with E-state index in [0.29, 0.717) is 28.4 Å². The van der Waals surface area contributed by atoms with Gasteiger partial charge in [-0.15, -0.1) is 0 Å². The highest BCUT2D eigenvalue weighted by Crippen LogP contribution is 2.31.